The number of sulfonamides is 1. The Hall–Kier alpha value is -1.60. The predicted octanol–water partition coefficient (Wildman–Crippen LogP) is 2.65. The zero-order valence-corrected chi connectivity index (χ0v) is 14.7. The first-order chi connectivity index (χ1) is 11.5. The number of carbonyl (C=O) groups excluding carboxylic acids is 1. The summed E-state index contributed by atoms with van der Waals surface area (Å²) in [6.45, 7) is 0. The fraction of sp³-hybridized carbons (Fsp3) is 0.588. The molecule has 1 aromatic rings. The Kier molecular flexibility index (Phi) is 5.10. The van der Waals surface area contributed by atoms with Gasteiger partial charge < -0.3 is 10.1 Å². The summed E-state index contributed by atoms with van der Waals surface area (Å²) in [4.78, 5) is 12.4. The van der Waals surface area contributed by atoms with E-state index in [1.165, 1.54) is 32.1 Å². The minimum Gasteiger partial charge on any atom is -0.495 e. The van der Waals surface area contributed by atoms with E-state index in [9.17, 15) is 13.2 Å². The molecule has 0 aromatic heterocycles. The van der Waals surface area contributed by atoms with E-state index >= 15 is 0 Å². The molecule has 1 aromatic carbocycles. The predicted molar refractivity (Wildman–Crippen MR) is 91.5 cm³/mol. The highest BCUT2D eigenvalue weighted by atomic mass is 32.2. The van der Waals surface area contributed by atoms with E-state index < -0.39 is 10.0 Å². The summed E-state index contributed by atoms with van der Waals surface area (Å²) in [6.07, 6.45) is 6.76. The van der Waals surface area contributed by atoms with Crippen molar-refractivity contribution in [1.82, 2.24) is 4.72 Å². The number of hydrogen-bond donors (Lipinski definition) is 2. The van der Waals surface area contributed by atoms with Crippen molar-refractivity contribution in [3.8, 4) is 5.75 Å². The summed E-state index contributed by atoms with van der Waals surface area (Å²) >= 11 is 0. The zero-order valence-electron chi connectivity index (χ0n) is 13.9. The van der Waals surface area contributed by atoms with Gasteiger partial charge in [-0.2, -0.15) is 0 Å². The van der Waals surface area contributed by atoms with Crippen LogP contribution in [0.25, 0.3) is 0 Å². The van der Waals surface area contributed by atoms with Crippen molar-refractivity contribution >= 4 is 21.6 Å². The van der Waals surface area contributed by atoms with Gasteiger partial charge in [0.2, 0.25) is 15.9 Å². The van der Waals surface area contributed by atoms with Crippen molar-refractivity contribution in [1.29, 1.82) is 0 Å². The molecule has 132 valence electrons. The molecule has 0 atom stereocenters. The lowest BCUT2D eigenvalue weighted by atomic mass is 10.0. The minimum atomic E-state index is -3.56. The second-order valence-corrected chi connectivity index (χ2v) is 8.37. The number of anilines is 1. The molecular weight excluding hydrogens is 328 g/mol. The van der Waals surface area contributed by atoms with Gasteiger partial charge in [0.05, 0.1) is 17.7 Å². The van der Waals surface area contributed by atoms with Gasteiger partial charge in [0.25, 0.3) is 0 Å². The number of rotatable bonds is 7. The number of benzene rings is 1. The van der Waals surface area contributed by atoms with Crippen molar-refractivity contribution in [2.24, 2.45) is 5.92 Å². The Labute approximate surface area is 143 Å². The van der Waals surface area contributed by atoms with Gasteiger partial charge in [-0.25, -0.2) is 13.1 Å². The fourth-order valence-corrected chi connectivity index (χ4v) is 4.45. The average molecular weight is 352 g/mol. The maximum absolute atomic E-state index is 12.3. The molecule has 2 aliphatic rings. The van der Waals surface area contributed by atoms with Crippen LogP contribution in [0.1, 0.15) is 44.9 Å². The quantitative estimate of drug-likeness (QED) is 0.790. The summed E-state index contributed by atoms with van der Waals surface area (Å²) in [7, 11) is -2.06. The van der Waals surface area contributed by atoms with Crippen molar-refractivity contribution in [2.45, 2.75) is 55.9 Å². The molecule has 2 fully saturated rings. The van der Waals surface area contributed by atoms with Crippen LogP contribution in [-0.2, 0) is 14.8 Å². The first kappa shape index (κ1) is 17.2. The van der Waals surface area contributed by atoms with Gasteiger partial charge in [-0.05, 0) is 49.8 Å². The lowest BCUT2D eigenvalue weighted by molar-refractivity contribution is -0.117. The van der Waals surface area contributed by atoms with E-state index in [-0.39, 0.29) is 16.8 Å². The number of nitrogens with one attached hydrogen (secondary N) is 2. The third-order valence-corrected chi connectivity index (χ3v) is 6.12. The van der Waals surface area contributed by atoms with Gasteiger partial charge in [-0.1, -0.05) is 12.8 Å². The van der Waals surface area contributed by atoms with Gasteiger partial charge >= 0.3 is 0 Å². The smallest absolute Gasteiger partial charge is 0.240 e. The van der Waals surface area contributed by atoms with Gasteiger partial charge in [-0.3, -0.25) is 4.79 Å². The molecule has 0 unspecified atom stereocenters. The molecule has 24 heavy (non-hydrogen) atoms. The van der Waals surface area contributed by atoms with Crippen molar-refractivity contribution in [2.75, 3.05) is 12.4 Å². The van der Waals surface area contributed by atoms with Gasteiger partial charge in [-0.15, -0.1) is 0 Å². The summed E-state index contributed by atoms with van der Waals surface area (Å²) in [5.74, 6) is 0.796. The summed E-state index contributed by atoms with van der Waals surface area (Å²) in [5, 5.41) is 2.81. The Morgan fingerprint density at radius 3 is 2.54 bits per heavy atom. The normalized spacial score (nSPS) is 18.5. The summed E-state index contributed by atoms with van der Waals surface area (Å²) < 4.78 is 32.6. The molecule has 2 aliphatic carbocycles. The average Bonchev–Trinajstić information content (AvgIpc) is 3.19. The number of hydrogen-bond acceptors (Lipinski definition) is 4. The van der Waals surface area contributed by atoms with Crippen LogP contribution in [0.3, 0.4) is 0 Å². The molecule has 0 bridgehead atoms. The Morgan fingerprint density at radius 2 is 1.92 bits per heavy atom. The first-order valence-corrected chi connectivity index (χ1v) is 9.96. The molecule has 1 amide bonds. The third kappa shape index (κ3) is 4.27. The minimum absolute atomic E-state index is 0.0394. The largest absolute Gasteiger partial charge is 0.495 e. The van der Waals surface area contributed by atoms with E-state index in [1.807, 2.05) is 0 Å². The molecule has 6 nitrogen and oxygen atoms in total. The highest BCUT2D eigenvalue weighted by molar-refractivity contribution is 7.89. The highest BCUT2D eigenvalue weighted by Crippen LogP contribution is 2.31. The third-order valence-electron chi connectivity index (χ3n) is 4.60. The van der Waals surface area contributed by atoms with E-state index in [0.29, 0.717) is 23.8 Å². The van der Waals surface area contributed by atoms with Crippen molar-refractivity contribution in [3.05, 3.63) is 18.2 Å². The van der Waals surface area contributed by atoms with Gasteiger partial charge in [0.15, 0.2) is 0 Å². The first-order valence-electron chi connectivity index (χ1n) is 8.48. The monoisotopic (exact) mass is 352 g/mol. The summed E-state index contributed by atoms with van der Waals surface area (Å²) in [5.41, 5.74) is 0.402. The van der Waals surface area contributed by atoms with E-state index in [4.69, 9.17) is 4.74 Å². The van der Waals surface area contributed by atoms with Crippen LogP contribution in [0.5, 0.6) is 5.75 Å². The molecule has 0 heterocycles. The Bertz CT molecular complexity index is 707. The molecule has 2 saturated carbocycles. The van der Waals surface area contributed by atoms with Crippen LogP contribution in [0, 0.1) is 5.92 Å². The van der Waals surface area contributed by atoms with Gasteiger partial charge in [0.1, 0.15) is 5.75 Å². The number of amides is 1. The van der Waals surface area contributed by atoms with Crippen LogP contribution in [-0.4, -0.2) is 27.5 Å². The topological polar surface area (TPSA) is 84.5 Å². The summed E-state index contributed by atoms with van der Waals surface area (Å²) in [6, 6.07) is 4.58. The Morgan fingerprint density at radius 1 is 1.21 bits per heavy atom. The van der Waals surface area contributed by atoms with Crippen LogP contribution in [0.15, 0.2) is 23.1 Å². The molecule has 0 spiro atoms. The standard InChI is InChI=1S/C17H24N2O4S/c1-23-16-9-8-14(24(21,22)19-13-6-7-13)11-15(16)18-17(20)10-12-4-2-3-5-12/h8-9,11-13,19H,2-7,10H2,1H3,(H,18,20). The molecule has 0 aliphatic heterocycles. The van der Waals surface area contributed by atoms with E-state index in [1.54, 1.807) is 6.07 Å². The number of carbonyl (C=O) groups is 1. The fourth-order valence-electron chi connectivity index (χ4n) is 3.12. The molecule has 3 rings (SSSR count). The zero-order chi connectivity index (χ0) is 17.2. The SMILES string of the molecule is COc1ccc(S(=O)(=O)NC2CC2)cc1NC(=O)CC1CCCC1. The second kappa shape index (κ2) is 7.11. The maximum atomic E-state index is 12.3. The van der Waals surface area contributed by atoms with Crippen LogP contribution < -0.4 is 14.8 Å². The molecule has 0 saturated heterocycles. The molecule has 7 heteroatoms. The maximum Gasteiger partial charge on any atom is 0.240 e. The number of methoxy groups -OCH3 is 1. The molecule has 0 radical (unpaired) electrons. The van der Waals surface area contributed by atoms with Crippen LogP contribution in [0.2, 0.25) is 0 Å². The van der Waals surface area contributed by atoms with E-state index in [0.717, 1.165) is 25.7 Å². The lowest BCUT2D eigenvalue weighted by Crippen LogP contribution is -2.26. The van der Waals surface area contributed by atoms with Crippen molar-refractivity contribution < 1.29 is 17.9 Å². The van der Waals surface area contributed by atoms with Crippen LogP contribution >= 0.6 is 0 Å². The second-order valence-electron chi connectivity index (χ2n) is 6.66. The molecule has 2 N–H and O–H groups in total. The van der Waals surface area contributed by atoms with Gasteiger partial charge in [0, 0.05) is 12.5 Å². The number of ether oxygens (including phenoxy) is 1. The molecular formula is C17H24N2O4S. The van der Waals surface area contributed by atoms with Crippen LogP contribution in [0.4, 0.5) is 5.69 Å². The lowest BCUT2D eigenvalue weighted by Gasteiger charge is -2.14. The highest BCUT2D eigenvalue weighted by Gasteiger charge is 2.28. The van der Waals surface area contributed by atoms with E-state index in [2.05, 4.69) is 10.0 Å². The van der Waals surface area contributed by atoms with Crippen molar-refractivity contribution in [3.63, 3.8) is 0 Å². The Balaban J connectivity index is 1.74.